The van der Waals surface area contributed by atoms with Gasteiger partial charge in [0.15, 0.2) is 0 Å². The van der Waals surface area contributed by atoms with Crippen molar-refractivity contribution in [2.24, 2.45) is 0 Å². The standard InChI is InChI=1S/C21H19ClF2N4O3/c1-2-3-17(29)25-10-12-4-6-15(22)14(8-12)20-27-16(9-18(30)28-20)13-5-7-19(26-11-13)31-21(23)24/h4-9,11,21H,2-3,10H2,1H3,(H,25,29)(H,27,28,30). The molecule has 0 aliphatic heterocycles. The molecule has 2 N–H and O–H groups in total. The molecular weight excluding hydrogens is 430 g/mol. The Morgan fingerprint density at radius 1 is 1.26 bits per heavy atom. The lowest BCUT2D eigenvalue weighted by atomic mass is 10.1. The molecule has 0 atom stereocenters. The molecule has 7 nitrogen and oxygen atoms in total. The summed E-state index contributed by atoms with van der Waals surface area (Å²) in [7, 11) is 0. The van der Waals surface area contributed by atoms with Gasteiger partial charge in [-0.05, 0) is 30.2 Å². The number of aromatic nitrogens is 3. The van der Waals surface area contributed by atoms with E-state index in [0.29, 0.717) is 29.1 Å². The number of ether oxygens (including phenoxy) is 1. The highest BCUT2D eigenvalue weighted by molar-refractivity contribution is 6.33. The van der Waals surface area contributed by atoms with Crippen molar-refractivity contribution in [1.29, 1.82) is 0 Å². The van der Waals surface area contributed by atoms with Crippen molar-refractivity contribution < 1.29 is 18.3 Å². The first-order valence-electron chi connectivity index (χ1n) is 9.44. The molecule has 0 saturated carbocycles. The Kier molecular flexibility index (Phi) is 7.30. The van der Waals surface area contributed by atoms with Crippen molar-refractivity contribution in [3.63, 3.8) is 0 Å². The third-order valence-corrected chi connectivity index (χ3v) is 4.57. The lowest BCUT2D eigenvalue weighted by Crippen LogP contribution is -2.22. The SMILES string of the molecule is CCCC(=O)NCc1ccc(Cl)c(-c2nc(-c3ccc(OC(F)F)nc3)cc(=O)[nH]2)c1. The van der Waals surface area contributed by atoms with Gasteiger partial charge >= 0.3 is 6.61 Å². The van der Waals surface area contributed by atoms with Gasteiger partial charge in [0.25, 0.3) is 5.56 Å². The molecule has 0 bridgehead atoms. The number of nitrogens with zero attached hydrogens (tertiary/aromatic N) is 2. The second kappa shape index (κ2) is 10.1. The maximum atomic E-state index is 12.3. The number of hydrogen-bond acceptors (Lipinski definition) is 5. The summed E-state index contributed by atoms with van der Waals surface area (Å²) in [6, 6.07) is 9.15. The minimum absolute atomic E-state index is 0.0562. The fourth-order valence-electron chi connectivity index (χ4n) is 2.81. The number of H-pyrrole nitrogens is 1. The Labute approximate surface area is 181 Å². The number of rotatable bonds is 8. The van der Waals surface area contributed by atoms with Crippen LogP contribution >= 0.6 is 11.6 Å². The minimum atomic E-state index is -2.98. The van der Waals surface area contributed by atoms with E-state index >= 15 is 0 Å². The molecule has 0 radical (unpaired) electrons. The summed E-state index contributed by atoms with van der Waals surface area (Å²) >= 11 is 6.31. The summed E-state index contributed by atoms with van der Waals surface area (Å²) in [4.78, 5) is 34.8. The fraction of sp³-hybridized carbons (Fsp3) is 0.238. The molecule has 0 unspecified atom stereocenters. The van der Waals surface area contributed by atoms with Gasteiger partial charge in [0.1, 0.15) is 5.82 Å². The number of amides is 1. The number of carbonyl (C=O) groups is 1. The molecule has 1 amide bonds. The van der Waals surface area contributed by atoms with Crippen molar-refractivity contribution in [3.05, 3.63) is 63.5 Å². The van der Waals surface area contributed by atoms with Gasteiger partial charge in [-0.15, -0.1) is 0 Å². The number of halogens is 3. The zero-order chi connectivity index (χ0) is 22.4. The lowest BCUT2D eigenvalue weighted by molar-refractivity contribution is -0.121. The summed E-state index contributed by atoms with van der Waals surface area (Å²) in [6.07, 6.45) is 2.47. The van der Waals surface area contributed by atoms with Crippen LogP contribution in [0.4, 0.5) is 8.78 Å². The van der Waals surface area contributed by atoms with Gasteiger partial charge in [0.05, 0.1) is 10.7 Å². The quantitative estimate of drug-likeness (QED) is 0.539. The Hall–Kier alpha value is -3.33. The molecule has 2 aromatic heterocycles. The smallest absolute Gasteiger partial charge is 0.388 e. The maximum Gasteiger partial charge on any atom is 0.388 e. The summed E-state index contributed by atoms with van der Waals surface area (Å²) in [5, 5.41) is 3.18. The largest absolute Gasteiger partial charge is 0.417 e. The van der Waals surface area contributed by atoms with E-state index < -0.39 is 12.2 Å². The first-order chi connectivity index (χ1) is 14.9. The average Bonchev–Trinajstić information content (AvgIpc) is 2.73. The summed E-state index contributed by atoms with van der Waals surface area (Å²) in [5.74, 6) is -0.0777. The summed E-state index contributed by atoms with van der Waals surface area (Å²) < 4.78 is 28.8. The highest BCUT2D eigenvalue weighted by Gasteiger charge is 2.12. The third-order valence-electron chi connectivity index (χ3n) is 4.24. The predicted molar refractivity (Wildman–Crippen MR) is 112 cm³/mol. The molecule has 162 valence electrons. The topological polar surface area (TPSA) is 97.0 Å². The molecule has 2 heterocycles. The molecule has 1 aromatic carbocycles. The van der Waals surface area contributed by atoms with E-state index in [1.54, 1.807) is 18.2 Å². The van der Waals surface area contributed by atoms with Gasteiger partial charge < -0.3 is 15.0 Å². The predicted octanol–water partition coefficient (Wildman–Crippen LogP) is 4.17. The summed E-state index contributed by atoms with van der Waals surface area (Å²) in [5.41, 5.74) is 1.56. The van der Waals surface area contributed by atoms with Gasteiger partial charge in [0.2, 0.25) is 11.8 Å². The zero-order valence-electron chi connectivity index (χ0n) is 16.5. The van der Waals surface area contributed by atoms with E-state index in [2.05, 4.69) is 25.0 Å². The van der Waals surface area contributed by atoms with Crippen LogP contribution in [-0.4, -0.2) is 27.5 Å². The number of benzene rings is 1. The molecular formula is C21H19ClF2N4O3. The van der Waals surface area contributed by atoms with E-state index in [1.165, 1.54) is 24.4 Å². The Morgan fingerprint density at radius 2 is 2.06 bits per heavy atom. The molecule has 3 rings (SSSR count). The molecule has 0 aliphatic rings. The lowest BCUT2D eigenvalue weighted by Gasteiger charge is -2.10. The fourth-order valence-corrected chi connectivity index (χ4v) is 3.01. The van der Waals surface area contributed by atoms with Gasteiger partial charge in [0, 0.05) is 42.4 Å². The molecule has 3 aromatic rings. The van der Waals surface area contributed by atoms with Gasteiger partial charge in [-0.1, -0.05) is 24.6 Å². The van der Waals surface area contributed by atoms with E-state index in [-0.39, 0.29) is 23.3 Å². The van der Waals surface area contributed by atoms with Crippen LogP contribution in [0.25, 0.3) is 22.6 Å². The van der Waals surface area contributed by atoms with Crippen molar-refractivity contribution in [2.75, 3.05) is 0 Å². The highest BCUT2D eigenvalue weighted by Crippen LogP contribution is 2.27. The van der Waals surface area contributed by atoms with Crippen LogP contribution < -0.4 is 15.6 Å². The van der Waals surface area contributed by atoms with Crippen LogP contribution in [0.3, 0.4) is 0 Å². The second-order valence-electron chi connectivity index (χ2n) is 6.58. The number of hydrogen-bond donors (Lipinski definition) is 2. The average molecular weight is 449 g/mol. The molecule has 0 spiro atoms. The van der Waals surface area contributed by atoms with Crippen molar-refractivity contribution >= 4 is 17.5 Å². The first kappa shape index (κ1) is 22.4. The number of pyridine rings is 1. The summed E-state index contributed by atoms with van der Waals surface area (Å²) in [6.45, 7) is -0.754. The van der Waals surface area contributed by atoms with Crippen LogP contribution in [0.5, 0.6) is 5.88 Å². The monoisotopic (exact) mass is 448 g/mol. The molecule has 0 fully saturated rings. The Bertz CT molecular complexity index is 1120. The Morgan fingerprint density at radius 3 is 2.74 bits per heavy atom. The van der Waals surface area contributed by atoms with Crippen LogP contribution in [0, 0.1) is 0 Å². The van der Waals surface area contributed by atoms with Crippen LogP contribution in [0.15, 0.2) is 47.4 Å². The van der Waals surface area contributed by atoms with Gasteiger partial charge in [-0.2, -0.15) is 8.78 Å². The van der Waals surface area contributed by atoms with E-state index in [4.69, 9.17) is 11.6 Å². The van der Waals surface area contributed by atoms with Gasteiger partial charge in [-0.3, -0.25) is 9.59 Å². The zero-order valence-corrected chi connectivity index (χ0v) is 17.2. The molecule has 31 heavy (non-hydrogen) atoms. The molecule has 0 saturated heterocycles. The maximum absolute atomic E-state index is 12.3. The van der Waals surface area contributed by atoms with Crippen LogP contribution in [0.1, 0.15) is 25.3 Å². The number of alkyl halides is 2. The van der Waals surface area contributed by atoms with Crippen LogP contribution in [0.2, 0.25) is 5.02 Å². The van der Waals surface area contributed by atoms with E-state index in [9.17, 15) is 18.4 Å². The van der Waals surface area contributed by atoms with Crippen molar-refractivity contribution in [3.8, 4) is 28.5 Å². The van der Waals surface area contributed by atoms with Crippen LogP contribution in [-0.2, 0) is 11.3 Å². The molecule has 10 heteroatoms. The Balaban J connectivity index is 1.90. The van der Waals surface area contributed by atoms with E-state index in [1.807, 2.05) is 6.92 Å². The third kappa shape index (κ3) is 6.08. The van der Waals surface area contributed by atoms with Crippen molar-refractivity contribution in [2.45, 2.75) is 32.9 Å². The second-order valence-corrected chi connectivity index (χ2v) is 6.99. The van der Waals surface area contributed by atoms with Crippen molar-refractivity contribution in [1.82, 2.24) is 20.3 Å². The minimum Gasteiger partial charge on any atom is -0.417 e. The number of aromatic amines is 1. The van der Waals surface area contributed by atoms with E-state index in [0.717, 1.165) is 12.0 Å². The van der Waals surface area contributed by atoms with Gasteiger partial charge in [-0.25, -0.2) is 9.97 Å². The number of nitrogens with one attached hydrogen (secondary N) is 2. The molecule has 0 aliphatic carbocycles. The first-order valence-corrected chi connectivity index (χ1v) is 9.81. The highest BCUT2D eigenvalue weighted by atomic mass is 35.5. The number of carbonyl (C=O) groups excluding carboxylic acids is 1. The normalized spacial score (nSPS) is 10.9.